The van der Waals surface area contributed by atoms with Crippen molar-refractivity contribution in [2.45, 2.75) is 56.8 Å². The summed E-state index contributed by atoms with van der Waals surface area (Å²) in [6, 6.07) is 39.1. The molecule has 7 rings (SSSR count). The van der Waals surface area contributed by atoms with Gasteiger partial charge in [0.05, 0.1) is 43.1 Å². The molecule has 5 atom stereocenters. The third-order valence-corrected chi connectivity index (χ3v) is 10.3. The highest BCUT2D eigenvalue weighted by atomic mass is 35.5. The lowest BCUT2D eigenvalue weighted by molar-refractivity contribution is -0.267. The first-order chi connectivity index (χ1) is 25.6. The Hall–Kier alpha value is -4.61. The lowest BCUT2D eigenvalue weighted by Gasteiger charge is -2.45. The van der Waals surface area contributed by atoms with Crippen molar-refractivity contribution in [3.8, 4) is 10.6 Å². The number of aromatic nitrogens is 1. The van der Waals surface area contributed by atoms with E-state index in [4.69, 9.17) is 39.7 Å². The van der Waals surface area contributed by atoms with E-state index in [1.165, 1.54) is 7.11 Å². The van der Waals surface area contributed by atoms with Crippen LogP contribution in [0.1, 0.15) is 38.9 Å². The van der Waals surface area contributed by atoms with Crippen LogP contribution in [0.2, 0.25) is 5.02 Å². The van der Waals surface area contributed by atoms with Gasteiger partial charge < -0.3 is 28.1 Å². The highest BCUT2D eigenvalue weighted by Crippen LogP contribution is 2.40. The predicted molar refractivity (Wildman–Crippen MR) is 199 cm³/mol. The van der Waals surface area contributed by atoms with Crippen LogP contribution < -0.4 is 0 Å². The molecule has 0 unspecified atom stereocenters. The molecule has 0 amide bonds. The lowest BCUT2D eigenvalue weighted by atomic mass is 9.89. The number of thiazole rings is 1. The van der Waals surface area contributed by atoms with Gasteiger partial charge in [0.2, 0.25) is 0 Å². The van der Waals surface area contributed by atoms with E-state index in [-0.39, 0.29) is 19.8 Å². The molecule has 0 aliphatic carbocycles. The topological polar surface area (TPSA) is 89.3 Å². The molecule has 2 aromatic heterocycles. The number of hydrogen-bond donors (Lipinski definition) is 0. The first-order valence-electron chi connectivity index (χ1n) is 17.0. The van der Waals surface area contributed by atoms with Crippen molar-refractivity contribution in [2.75, 3.05) is 7.11 Å². The van der Waals surface area contributed by atoms with Crippen LogP contribution in [0.15, 0.2) is 138 Å². The molecule has 1 fully saturated rings. The van der Waals surface area contributed by atoms with Gasteiger partial charge in [-0.1, -0.05) is 115 Å². The molecular formula is C42H38ClNO7S. The second-order valence-electron chi connectivity index (χ2n) is 12.4. The second-order valence-corrected chi connectivity index (χ2v) is 13.9. The van der Waals surface area contributed by atoms with Crippen molar-refractivity contribution in [1.82, 2.24) is 4.98 Å². The monoisotopic (exact) mass is 735 g/mol. The van der Waals surface area contributed by atoms with Gasteiger partial charge in [-0.2, -0.15) is 0 Å². The van der Waals surface area contributed by atoms with Crippen LogP contribution in [0.3, 0.4) is 0 Å². The molecule has 0 radical (unpaired) electrons. The molecule has 3 heterocycles. The summed E-state index contributed by atoms with van der Waals surface area (Å²) in [7, 11) is 1.35. The van der Waals surface area contributed by atoms with Crippen LogP contribution in [0.5, 0.6) is 0 Å². The molecule has 0 N–H and O–H groups in total. The Balaban J connectivity index is 1.25. The Kier molecular flexibility index (Phi) is 11.9. The first kappa shape index (κ1) is 35.8. The number of benzene rings is 4. The summed E-state index contributed by atoms with van der Waals surface area (Å²) in [5.41, 5.74) is 4.51. The number of halogens is 1. The molecule has 8 nitrogen and oxygen atoms in total. The van der Waals surface area contributed by atoms with Crippen LogP contribution in [0.4, 0.5) is 0 Å². The number of hydrogen-bond acceptors (Lipinski definition) is 9. The molecular weight excluding hydrogens is 698 g/mol. The Labute approximate surface area is 311 Å². The summed E-state index contributed by atoms with van der Waals surface area (Å²) in [4.78, 5) is 19.1. The largest absolute Gasteiger partial charge is 0.467 e. The maximum absolute atomic E-state index is 13.6. The Morgan fingerprint density at radius 1 is 0.750 bits per heavy atom. The lowest BCUT2D eigenvalue weighted by Crippen LogP contribution is -2.59. The Morgan fingerprint density at radius 2 is 1.35 bits per heavy atom. The van der Waals surface area contributed by atoms with Crippen molar-refractivity contribution < 1.29 is 32.9 Å². The van der Waals surface area contributed by atoms with Crippen LogP contribution in [0, 0.1) is 0 Å². The first-order valence-corrected chi connectivity index (χ1v) is 18.2. The summed E-state index contributed by atoms with van der Waals surface area (Å²) >= 11 is 8.35. The van der Waals surface area contributed by atoms with E-state index in [1.807, 2.05) is 121 Å². The van der Waals surface area contributed by atoms with Gasteiger partial charge in [-0.25, -0.2) is 9.78 Å². The molecule has 1 aliphatic heterocycles. The number of ether oxygens (including phenoxy) is 5. The minimum atomic E-state index is -1.12. The average Bonchev–Trinajstić information content (AvgIpc) is 3.90. The molecule has 4 aromatic carbocycles. The van der Waals surface area contributed by atoms with E-state index in [9.17, 15) is 4.79 Å². The standard InChI is InChI=1S/C42H38ClNO7S/c1-46-42(45)41-40(50-27-30-16-9-4-10-17-30)39(49-26-29-14-7-3-8-15-29)38(48-25-28-12-5-2-6-13-28)37(51-41)31-19-20-33(43)32(22-31)23-36-44-24-35(52-36)34-18-11-21-47-34/h2-22,24,37-41H,23,25-27H2,1H3/t37-,38-,39+,40-,41-/m0/s1. The van der Waals surface area contributed by atoms with Crippen molar-refractivity contribution in [3.63, 3.8) is 0 Å². The van der Waals surface area contributed by atoms with Crippen molar-refractivity contribution in [2.24, 2.45) is 0 Å². The number of nitrogens with zero attached hydrogens (tertiary/aromatic N) is 1. The number of furan rings is 1. The fourth-order valence-electron chi connectivity index (χ4n) is 6.27. The van der Waals surface area contributed by atoms with Crippen LogP contribution in [-0.2, 0) is 54.7 Å². The predicted octanol–water partition coefficient (Wildman–Crippen LogP) is 9.02. The maximum Gasteiger partial charge on any atom is 0.337 e. The third kappa shape index (κ3) is 8.70. The van der Waals surface area contributed by atoms with Gasteiger partial charge in [0, 0.05) is 17.6 Å². The smallest absolute Gasteiger partial charge is 0.337 e. The minimum absolute atomic E-state index is 0.225. The van der Waals surface area contributed by atoms with E-state index in [0.29, 0.717) is 11.4 Å². The third-order valence-electron chi connectivity index (χ3n) is 8.88. The fraction of sp³-hybridized carbons (Fsp3) is 0.238. The second kappa shape index (κ2) is 17.3. The van der Waals surface area contributed by atoms with Crippen molar-refractivity contribution >= 4 is 28.9 Å². The average molecular weight is 736 g/mol. The zero-order valence-corrected chi connectivity index (χ0v) is 30.1. The highest BCUT2D eigenvalue weighted by molar-refractivity contribution is 7.15. The molecule has 0 bridgehead atoms. The highest BCUT2D eigenvalue weighted by Gasteiger charge is 2.52. The Bertz CT molecular complexity index is 2010. The molecule has 6 aromatic rings. The number of esters is 1. The number of rotatable bonds is 14. The molecule has 266 valence electrons. The van der Waals surface area contributed by atoms with E-state index in [2.05, 4.69) is 4.98 Å². The van der Waals surface area contributed by atoms with E-state index >= 15 is 0 Å². The van der Waals surface area contributed by atoms with E-state index in [1.54, 1.807) is 23.8 Å². The summed E-state index contributed by atoms with van der Waals surface area (Å²) in [6.45, 7) is 0.763. The quantitative estimate of drug-likeness (QED) is 0.102. The van der Waals surface area contributed by atoms with Gasteiger partial charge in [0.1, 0.15) is 30.2 Å². The molecule has 1 aliphatic rings. The molecule has 1 saturated heterocycles. The van der Waals surface area contributed by atoms with Gasteiger partial charge in [-0.05, 0) is 46.0 Å². The number of carbonyl (C=O) groups is 1. The van der Waals surface area contributed by atoms with Crippen molar-refractivity contribution in [1.29, 1.82) is 0 Å². The summed E-state index contributed by atoms with van der Waals surface area (Å²) in [6.07, 6.45) is -0.256. The number of methoxy groups -OCH3 is 1. The van der Waals surface area contributed by atoms with E-state index < -0.39 is 36.5 Å². The van der Waals surface area contributed by atoms with Gasteiger partial charge in [-0.15, -0.1) is 11.3 Å². The zero-order chi connectivity index (χ0) is 35.7. The summed E-state index contributed by atoms with van der Waals surface area (Å²) in [5, 5.41) is 1.46. The van der Waals surface area contributed by atoms with Crippen LogP contribution in [0.25, 0.3) is 10.6 Å². The Morgan fingerprint density at radius 3 is 1.92 bits per heavy atom. The zero-order valence-electron chi connectivity index (χ0n) is 28.5. The molecule has 52 heavy (non-hydrogen) atoms. The number of carbonyl (C=O) groups excluding carboxylic acids is 1. The van der Waals surface area contributed by atoms with Gasteiger partial charge in [-0.3, -0.25) is 0 Å². The minimum Gasteiger partial charge on any atom is -0.467 e. The summed E-state index contributed by atoms with van der Waals surface area (Å²) in [5.74, 6) is 0.192. The van der Waals surface area contributed by atoms with Crippen LogP contribution >= 0.6 is 22.9 Å². The van der Waals surface area contributed by atoms with E-state index in [0.717, 1.165) is 43.5 Å². The van der Waals surface area contributed by atoms with Gasteiger partial charge in [0.25, 0.3) is 0 Å². The summed E-state index contributed by atoms with van der Waals surface area (Å²) < 4.78 is 37.7. The van der Waals surface area contributed by atoms with Crippen molar-refractivity contribution in [3.05, 3.63) is 172 Å². The molecule has 10 heteroatoms. The fourth-order valence-corrected chi connectivity index (χ4v) is 7.36. The molecule has 0 saturated carbocycles. The maximum atomic E-state index is 13.6. The van der Waals surface area contributed by atoms with Gasteiger partial charge in [0.15, 0.2) is 6.10 Å². The van der Waals surface area contributed by atoms with Crippen LogP contribution in [-0.4, -0.2) is 42.5 Å². The normalized spacial score (nSPS) is 20.1. The van der Waals surface area contributed by atoms with Gasteiger partial charge >= 0.3 is 5.97 Å². The SMILES string of the molecule is COC(=O)[C@H]1O[C@@H](c2ccc(Cl)c(Cc3ncc(-c4ccco4)s3)c2)[C@H](OCc2ccccc2)[C@@H](OCc2ccccc2)[C@@H]1OCc1ccccc1. The molecule has 0 spiro atoms.